The highest BCUT2D eigenvalue weighted by Crippen LogP contribution is 2.21. The highest BCUT2D eigenvalue weighted by Gasteiger charge is 2.14. The minimum atomic E-state index is -0.243. The molecule has 0 saturated heterocycles. The monoisotopic (exact) mass is 361 g/mol. The molecule has 0 amide bonds. The number of aromatic nitrogens is 1. The van der Waals surface area contributed by atoms with Crippen LogP contribution < -0.4 is 10.3 Å². The van der Waals surface area contributed by atoms with Crippen LogP contribution in [0.3, 0.4) is 0 Å². The van der Waals surface area contributed by atoms with Crippen molar-refractivity contribution < 1.29 is 13.9 Å². The van der Waals surface area contributed by atoms with Gasteiger partial charge in [-0.05, 0) is 55.6 Å². The molecule has 0 aliphatic carbocycles. The third-order valence-electron chi connectivity index (χ3n) is 4.33. The number of ketones is 1. The second-order valence-corrected chi connectivity index (χ2v) is 6.74. The Kier molecular flexibility index (Phi) is 4.28. The number of hydrogen-bond donors (Lipinski definition) is 0. The summed E-state index contributed by atoms with van der Waals surface area (Å²) in [6, 6.07) is 16.3. The summed E-state index contributed by atoms with van der Waals surface area (Å²) in [6.07, 6.45) is 1.69. The molecule has 0 N–H and O–H groups in total. The topological polar surface area (TPSA) is 61.4 Å². The number of rotatable bonds is 5. The fourth-order valence-electron chi connectivity index (χ4n) is 3.09. The Morgan fingerprint density at radius 2 is 1.89 bits per heavy atom. The van der Waals surface area contributed by atoms with Crippen LogP contribution in [-0.4, -0.2) is 16.5 Å². The molecule has 0 spiro atoms. The molecule has 27 heavy (non-hydrogen) atoms. The van der Waals surface area contributed by atoms with Crippen LogP contribution in [0.1, 0.15) is 24.4 Å². The first-order chi connectivity index (χ1) is 13.0. The standard InChI is InChI=1S/C22H19NO4/c1-14(2)26-17-7-8-18-15(11-17)9-10-23(22(18)25)13-19(24)21-12-16-5-3-4-6-20(16)27-21/h3-12,14H,13H2,1-2H3. The Hall–Kier alpha value is -3.34. The Bertz CT molecular complexity index is 1170. The molecule has 5 heteroatoms. The van der Waals surface area contributed by atoms with Gasteiger partial charge in [0, 0.05) is 17.0 Å². The SMILES string of the molecule is CC(C)Oc1ccc2c(=O)n(CC(=O)c3cc4ccccc4o3)ccc2c1. The first-order valence-electron chi connectivity index (χ1n) is 8.83. The van der Waals surface area contributed by atoms with E-state index in [4.69, 9.17) is 9.15 Å². The lowest BCUT2D eigenvalue weighted by molar-refractivity contribution is 0.0946. The first kappa shape index (κ1) is 17.1. The van der Waals surface area contributed by atoms with E-state index in [1.54, 1.807) is 24.4 Å². The fourth-order valence-corrected chi connectivity index (χ4v) is 3.09. The number of carbonyl (C=O) groups excluding carboxylic acids is 1. The van der Waals surface area contributed by atoms with E-state index in [1.807, 2.05) is 50.2 Å². The van der Waals surface area contributed by atoms with E-state index in [2.05, 4.69) is 0 Å². The predicted octanol–water partition coefficient (Wildman–Crippen LogP) is 4.42. The van der Waals surface area contributed by atoms with E-state index < -0.39 is 0 Å². The van der Waals surface area contributed by atoms with Crippen LogP contribution >= 0.6 is 0 Å². The second-order valence-electron chi connectivity index (χ2n) is 6.74. The number of ether oxygens (including phenoxy) is 1. The summed E-state index contributed by atoms with van der Waals surface area (Å²) >= 11 is 0. The maximum atomic E-state index is 12.7. The molecule has 0 bridgehead atoms. The molecule has 0 radical (unpaired) electrons. The van der Waals surface area contributed by atoms with E-state index in [9.17, 15) is 9.59 Å². The molecule has 2 heterocycles. The molecule has 0 aliphatic heterocycles. The zero-order valence-electron chi connectivity index (χ0n) is 15.1. The highest BCUT2D eigenvalue weighted by atomic mass is 16.5. The Labute approximate surface area is 155 Å². The molecule has 0 saturated carbocycles. The largest absolute Gasteiger partial charge is 0.491 e. The molecular formula is C22H19NO4. The Morgan fingerprint density at radius 1 is 1.07 bits per heavy atom. The Balaban J connectivity index is 1.64. The molecular weight excluding hydrogens is 342 g/mol. The van der Waals surface area contributed by atoms with E-state index in [0.29, 0.717) is 16.7 Å². The van der Waals surface area contributed by atoms with E-state index in [0.717, 1.165) is 10.8 Å². The van der Waals surface area contributed by atoms with Gasteiger partial charge < -0.3 is 13.7 Å². The van der Waals surface area contributed by atoms with Crippen molar-refractivity contribution in [2.45, 2.75) is 26.5 Å². The van der Waals surface area contributed by atoms with Gasteiger partial charge in [-0.2, -0.15) is 0 Å². The molecule has 0 fully saturated rings. The van der Waals surface area contributed by atoms with Gasteiger partial charge in [-0.25, -0.2) is 0 Å². The van der Waals surface area contributed by atoms with Crippen molar-refractivity contribution in [1.29, 1.82) is 0 Å². The predicted molar refractivity (Wildman–Crippen MR) is 105 cm³/mol. The number of fused-ring (bicyclic) bond motifs is 2. The Morgan fingerprint density at radius 3 is 2.67 bits per heavy atom. The highest BCUT2D eigenvalue weighted by molar-refractivity contribution is 5.97. The van der Waals surface area contributed by atoms with Gasteiger partial charge in [-0.3, -0.25) is 9.59 Å². The van der Waals surface area contributed by atoms with E-state index >= 15 is 0 Å². The summed E-state index contributed by atoms with van der Waals surface area (Å²) in [4.78, 5) is 25.3. The van der Waals surface area contributed by atoms with Crippen LogP contribution in [0, 0.1) is 0 Å². The number of hydrogen-bond acceptors (Lipinski definition) is 4. The van der Waals surface area contributed by atoms with Crippen molar-refractivity contribution in [2.24, 2.45) is 0 Å². The van der Waals surface area contributed by atoms with Gasteiger partial charge in [0.15, 0.2) is 5.76 Å². The van der Waals surface area contributed by atoms with Crippen molar-refractivity contribution >= 4 is 27.5 Å². The molecule has 0 unspecified atom stereocenters. The average Bonchev–Trinajstić information content (AvgIpc) is 3.08. The molecule has 0 atom stereocenters. The number of Topliss-reactive ketones (excluding diaryl/α,β-unsaturated/α-hetero) is 1. The van der Waals surface area contributed by atoms with Gasteiger partial charge in [0.25, 0.3) is 5.56 Å². The molecule has 0 aliphatic rings. The third kappa shape index (κ3) is 3.36. The summed E-state index contributed by atoms with van der Waals surface area (Å²) in [5, 5.41) is 2.20. The van der Waals surface area contributed by atoms with Crippen molar-refractivity contribution in [2.75, 3.05) is 0 Å². The van der Waals surface area contributed by atoms with Crippen molar-refractivity contribution in [1.82, 2.24) is 4.57 Å². The summed E-state index contributed by atoms with van der Waals surface area (Å²) < 4.78 is 12.7. The summed E-state index contributed by atoms with van der Waals surface area (Å²) in [5.74, 6) is 0.726. The van der Waals surface area contributed by atoms with Crippen LogP contribution in [0.4, 0.5) is 0 Å². The van der Waals surface area contributed by atoms with Gasteiger partial charge in [0.2, 0.25) is 5.78 Å². The van der Waals surface area contributed by atoms with Crippen molar-refractivity contribution in [3.05, 3.63) is 76.9 Å². The summed E-state index contributed by atoms with van der Waals surface area (Å²) in [7, 11) is 0. The smallest absolute Gasteiger partial charge is 0.258 e. The molecule has 2 aromatic carbocycles. The van der Waals surface area contributed by atoms with E-state index in [1.165, 1.54) is 4.57 Å². The average molecular weight is 361 g/mol. The first-order valence-corrected chi connectivity index (χ1v) is 8.83. The summed E-state index contributed by atoms with van der Waals surface area (Å²) in [6.45, 7) is 3.83. The quantitative estimate of drug-likeness (QED) is 0.494. The number of para-hydroxylation sites is 1. The van der Waals surface area contributed by atoms with Gasteiger partial charge >= 0.3 is 0 Å². The minimum absolute atomic E-state index is 0.0595. The minimum Gasteiger partial charge on any atom is -0.491 e. The number of furan rings is 1. The van der Waals surface area contributed by atoms with Crippen LogP contribution in [0.15, 0.2) is 70.0 Å². The zero-order valence-corrected chi connectivity index (χ0v) is 15.1. The van der Waals surface area contributed by atoms with Gasteiger partial charge in [0.1, 0.15) is 11.3 Å². The third-order valence-corrected chi connectivity index (χ3v) is 4.33. The number of carbonyl (C=O) groups is 1. The van der Waals surface area contributed by atoms with Gasteiger partial charge in [0.05, 0.1) is 12.6 Å². The zero-order chi connectivity index (χ0) is 19.0. The number of pyridine rings is 1. The van der Waals surface area contributed by atoms with Gasteiger partial charge in [-0.1, -0.05) is 18.2 Å². The summed E-state index contributed by atoms with van der Waals surface area (Å²) in [5.41, 5.74) is 0.442. The maximum absolute atomic E-state index is 12.7. The van der Waals surface area contributed by atoms with E-state index in [-0.39, 0.29) is 29.8 Å². The number of nitrogens with zero attached hydrogens (tertiary/aromatic N) is 1. The fraction of sp³-hybridized carbons (Fsp3) is 0.182. The molecule has 4 aromatic rings. The van der Waals surface area contributed by atoms with Crippen molar-refractivity contribution in [3.8, 4) is 5.75 Å². The van der Waals surface area contributed by atoms with Crippen LogP contribution in [0.5, 0.6) is 5.75 Å². The van der Waals surface area contributed by atoms with Crippen LogP contribution in [0.25, 0.3) is 21.7 Å². The van der Waals surface area contributed by atoms with Crippen LogP contribution in [-0.2, 0) is 6.54 Å². The molecule has 5 nitrogen and oxygen atoms in total. The lowest BCUT2D eigenvalue weighted by Crippen LogP contribution is -2.23. The molecule has 2 aromatic heterocycles. The van der Waals surface area contributed by atoms with Gasteiger partial charge in [-0.15, -0.1) is 0 Å². The maximum Gasteiger partial charge on any atom is 0.258 e. The lowest BCUT2D eigenvalue weighted by atomic mass is 10.1. The lowest BCUT2D eigenvalue weighted by Gasteiger charge is -2.11. The van der Waals surface area contributed by atoms with Crippen molar-refractivity contribution in [3.63, 3.8) is 0 Å². The molecule has 136 valence electrons. The number of benzene rings is 2. The molecule has 4 rings (SSSR count). The second kappa shape index (κ2) is 6.76. The van der Waals surface area contributed by atoms with Crippen LogP contribution in [0.2, 0.25) is 0 Å². The normalized spacial score (nSPS) is 11.4.